The third-order valence-electron chi connectivity index (χ3n) is 5.82. The van der Waals surface area contributed by atoms with Crippen molar-refractivity contribution in [1.82, 2.24) is 15.1 Å². The third kappa shape index (κ3) is 5.29. The minimum Gasteiger partial charge on any atom is -0.339 e. The fourth-order valence-corrected chi connectivity index (χ4v) is 4.17. The predicted octanol–water partition coefficient (Wildman–Crippen LogP) is 2.54. The van der Waals surface area contributed by atoms with Crippen LogP contribution in [0.1, 0.15) is 37.7 Å². The van der Waals surface area contributed by atoms with Crippen LogP contribution in [0.25, 0.3) is 0 Å². The summed E-state index contributed by atoms with van der Waals surface area (Å²) in [5, 5.41) is 3.44. The Balaban J connectivity index is 1.67. The first kappa shape index (κ1) is 18.4. The van der Waals surface area contributed by atoms with Crippen LogP contribution in [0.3, 0.4) is 0 Å². The van der Waals surface area contributed by atoms with Gasteiger partial charge in [0.15, 0.2) is 0 Å². The van der Waals surface area contributed by atoms with Gasteiger partial charge in [0.25, 0.3) is 0 Å². The highest BCUT2D eigenvalue weighted by molar-refractivity contribution is 5.79. The van der Waals surface area contributed by atoms with E-state index in [4.69, 9.17) is 0 Å². The summed E-state index contributed by atoms with van der Waals surface area (Å²) in [5.74, 6) is 0.625. The standard InChI is InChI=1S/C21H33N3O/c1-23-15-11-20(12-16-23)24(17-10-18-6-3-2-4-7-18)21(25)19-8-5-13-22-14-9-19/h2-4,6-7,19-20,22H,5,8-17H2,1H3. The molecule has 1 N–H and O–H groups in total. The number of nitrogens with zero attached hydrogens (tertiary/aromatic N) is 2. The molecular formula is C21H33N3O. The van der Waals surface area contributed by atoms with Crippen LogP contribution in [0.2, 0.25) is 0 Å². The first-order valence-electron chi connectivity index (χ1n) is 9.97. The van der Waals surface area contributed by atoms with E-state index in [1.165, 1.54) is 5.56 Å². The van der Waals surface area contributed by atoms with Gasteiger partial charge in [-0.15, -0.1) is 0 Å². The molecule has 1 aromatic carbocycles. The molecule has 2 aliphatic rings. The Kier molecular flexibility index (Phi) is 6.88. The normalized spacial score (nSPS) is 23.2. The summed E-state index contributed by atoms with van der Waals surface area (Å²) in [6.45, 7) is 5.11. The van der Waals surface area contributed by atoms with Crippen molar-refractivity contribution in [2.45, 2.75) is 44.6 Å². The van der Waals surface area contributed by atoms with Gasteiger partial charge in [-0.25, -0.2) is 0 Å². The molecule has 0 saturated carbocycles. The number of hydrogen-bond acceptors (Lipinski definition) is 3. The van der Waals surface area contributed by atoms with Gasteiger partial charge in [0.1, 0.15) is 0 Å². The zero-order valence-electron chi connectivity index (χ0n) is 15.6. The zero-order chi connectivity index (χ0) is 17.5. The number of carbonyl (C=O) groups is 1. The molecule has 3 rings (SSSR count). The number of rotatable bonds is 5. The Labute approximate surface area is 152 Å². The van der Waals surface area contributed by atoms with Crippen molar-refractivity contribution >= 4 is 5.91 Å². The summed E-state index contributed by atoms with van der Waals surface area (Å²) in [4.78, 5) is 18.0. The number of benzene rings is 1. The van der Waals surface area contributed by atoms with E-state index in [0.717, 1.165) is 71.2 Å². The summed E-state index contributed by atoms with van der Waals surface area (Å²) >= 11 is 0. The maximum absolute atomic E-state index is 13.3. The summed E-state index contributed by atoms with van der Waals surface area (Å²) in [5.41, 5.74) is 1.33. The highest BCUT2D eigenvalue weighted by atomic mass is 16.2. The van der Waals surface area contributed by atoms with Gasteiger partial charge in [0.05, 0.1) is 0 Å². The minimum absolute atomic E-state index is 0.213. The number of nitrogens with one attached hydrogen (secondary N) is 1. The van der Waals surface area contributed by atoms with Crippen LogP contribution in [-0.2, 0) is 11.2 Å². The van der Waals surface area contributed by atoms with Gasteiger partial charge in [-0.05, 0) is 77.3 Å². The van der Waals surface area contributed by atoms with E-state index in [1.54, 1.807) is 0 Å². The van der Waals surface area contributed by atoms with Crippen LogP contribution in [-0.4, -0.2) is 61.5 Å². The molecule has 2 heterocycles. The van der Waals surface area contributed by atoms with E-state index in [9.17, 15) is 4.79 Å². The molecule has 4 heteroatoms. The largest absolute Gasteiger partial charge is 0.339 e. The van der Waals surface area contributed by atoms with Gasteiger partial charge < -0.3 is 15.1 Å². The fraction of sp³-hybridized carbons (Fsp3) is 0.667. The third-order valence-corrected chi connectivity index (χ3v) is 5.82. The minimum atomic E-state index is 0.213. The Bertz CT molecular complexity index is 517. The van der Waals surface area contributed by atoms with E-state index < -0.39 is 0 Å². The number of amides is 1. The van der Waals surface area contributed by atoms with Gasteiger partial charge >= 0.3 is 0 Å². The highest BCUT2D eigenvalue weighted by Crippen LogP contribution is 2.23. The molecule has 0 radical (unpaired) electrons. The Hall–Kier alpha value is -1.39. The van der Waals surface area contributed by atoms with Crippen molar-refractivity contribution in [3.63, 3.8) is 0 Å². The molecule has 0 spiro atoms. The van der Waals surface area contributed by atoms with Crippen LogP contribution in [0.4, 0.5) is 0 Å². The van der Waals surface area contributed by atoms with Gasteiger partial charge in [-0.2, -0.15) is 0 Å². The monoisotopic (exact) mass is 343 g/mol. The Morgan fingerprint density at radius 2 is 1.88 bits per heavy atom. The van der Waals surface area contributed by atoms with E-state index in [-0.39, 0.29) is 5.92 Å². The Morgan fingerprint density at radius 3 is 2.64 bits per heavy atom. The SMILES string of the molecule is CN1CCC(N(CCc2ccccc2)C(=O)C2CCCNCC2)CC1. The van der Waals surface area contributed by atoms with E-state index >= 15 is 0 Å². The number of hydrogen-bond donors (Lipinski definition) is 1. The second kappa shape index (κ2) is 9.35. The number of likely N-dealkylation sites (tertiary alicyclic amines) is 1. The van der Waals surface area contributed by atoms with Crippen LogP contribution in [0.15, 0.2) is 30.3 Å². The lowest BCUT2D eigenvalue weighted by Crippen LogP contribution is -2.49. The molecule has 1 aromatic rings. The summed E-state index contributed by atoms with van der Waals surface area (Å²) in [6.07, 6.45) is 6.35. The molecule has 1 atom stereocenters. The van der Waals surface area contributed by atoms with E-state index in [0.29, 0.717) is 11.9 Å². The van der Waals surface area contributed by atoms with Gasteiger partial charge in [0.2, 0.25) is 5.91 Å². The first-order valence-corrected chi connectivity index (χ1v) is 9.97. The smallest absolute Gasteiger partial charge is 0.225 e. The highest BCUT2D eigenvalue weighted by Gasteiger charge is 2.31. The van der Waals surface area contributed by atoms with Gasteiger partial charge in [-0.3, -0.25) is 4.79 Å². The second-order valence-corrected chi connectivity index (χ2v) is 7.68. The average Bonchev–Trinajstić information content (AvgIpc) is 2.93. The predicted molar refractivity (Wildman–Crippen MR) is 103 cm³/mol. The summed E-state index contributed by atoms with van der Waals surface area (Å²) in [7, 11) is 2.18. The van der Waals surface area contributed by atoms with Crippen LogP contribution in [0.5, 0.6) is 0 Å². The maximum atomic E-state index is 13.3. The quantitative estimate of drug-likeness (QED) is 0.892. The molecule has 4 nitrogen and oxygen atoms in total. The number of carbonyl (C=O) groups excluding carboxylic acids is 1. The molecule has 0 aromatic heterocycles. The van der Waals surface area contributed by atoms with Crippen LogP contribution in [0, 0.1) is 5.92 Å². The van der Waals surface area contributed by atoms with Gasteiger partial charge in [-0.1, -0.05) is 30.3 Å². The van der Waals surface area contributed by atoms with Crippen molar-refractivity contribution in [1.29, 1.82) is 0 Å². The lowest BCUT2D eigenvalue weighted by atomic mass is 9.95. The summed E-state index contributed by atoms with van der Waals surface area (Å²) in [6, 6.07) is 11.0. The molecule has 2 fully saturated rings. The van der Waals surface area contributed by atoms with E-state index in [1.807, 2.05) is 0 Å². The second-order valence-electron chi connectivity index (χ2n) is 7.68. The molecule has 1 unspecified atom stereocenters. The molecule has 1 amide bonds. The maximum Gasteiger partial charge on any atom is 0.225 e. The van der Waals surface area contributed by atoms with Crippen molar-refractivity contribution in [3.8, 4) is 0 Å². The molecular weight excluding hydrogens is 310 g/mol. The molecule has 138 valence electrons. The van der Waals surface area contributed by atoms with Crippen molar-refractivity contribution in [2.24, 2.45) is 5.92 Å². The Morgan fingerprint density at radius 1 is 1.12 bits per heavy atom. The average molecular weight is 344 g/mol. The number of piperidine rings is 1. The lowest BCUT2D eigenvalue weighted by molar-refractivity contribution is -0.139. The van der Waals surface area contributed by atoms with Crippen molar-refractivity contribution in [2.75, 3.05) is 39.8 Å². The van der Waals surface area contributed by atoms with Crippen molar-refractivity contribution in [3.05, 3.63) is 35.9 Å². The topological polar surface area (TPSA) is 35.6 Å². The van der Waals surface area contributed by atoms with Crippen LogP contribution >= 0.6 is 0 Å². The first-order chi connectivity index (χ1) is 12.2. The van der Waals surface area contributed by atoms with Crippen molar-refractivity contribution < 1.29 is 4.79 Å². The molecule has 0 aliphatic carbocycles. The zero-order valence-corrected chi connectivity index (χ0v) is 15.6. The molecule has 2 saturated heterocycles. The van der Waals surface area contributed by atoms with Gasteiger partial charge in [0, 0.05) is 18.5 Å². The molecule has 25 heavy (non-hydrogen) atoms. The van der Waals surface area contributed by atoms with Crippen LogP contribution < -0.4 is 5.32 Å². The van der Waals surface area contributed by atoms with E-state index in [2.05, 4.69) is 52.5 Å². The fourth-order valence-electron chi connectivity index (χ4n) is 4.17. The molecule has 2 aliphatic heterocycles. The lowest BCUT2D eigenvalue weighted by Gasteiger charge is -2.39. The molecule has 0 bridgehead atoms. The summed E-state index contributed by atoms with van der Waals surface area (Å²) < 4.78 is 0.